The second kappa shape index (κ2) is 11.5. The highest BCUT2D eigenvalue weighted by molar-refractivity contribution is 7.98. The van der Waals surface area contributed by atoms with Crippen LogP contribution in [0, 0.1) is 0 Å². The molecule has 2 saturated heterocycles. The summed E-state index contributed by atoms with van der Waals surface area (Å²) in [6.07, 6.45) is 7.89. The normalized spacial score (nSPS) is 22.2. The quantitative estimate of drug-likeness (QED) is 0.351. The summed E-state index contributed by atoms with van der Waals surface area (Å²) in [5.41, 5.74) is 6.86. The fourth-order valence-electron chi connectivity index (χ4n) is 4.48. The lowest BCUT2D eigenvalue weighted by atomic mass is 10.1. The van der Waals surface area contributed by atoms with Gasteiger partial charge in [0.05, 0.1) is 12.4 Å². The predicted octanol–water partition coefficient (Wildman–Crippen LogP) is -0.416. The average Bonchev–Trinajstić information content (AvgIpc) is 3.56. The second-order valence-electron chi connectivity index (χ2n) is 8.45. The van der Waals surface area contributed by atoms with Crippen molar-refractivity contribution in [2.45, 2.75) is 62.7 Å². The van der Waals surface area contributed by atoms with Crippen molar-refractivity contribution in [3.63, 3.8) is 0 Å². The van der Waals surface area contributed by atoms with E-state index in [2.05, 4.69) is 15.3 Å². The van der Waals surface area contributed by atoms with Crippen LogP contribution in [0.3, 0.4) is 0 Å². The summed E-state index contributed by atoms with van der Waals surface area (Å²) in [5.74, 6) is -1.53. The molecule has 33 heavy (non-hydrogen) atoms. The van der Waals surface area contributed by atoms with Gasteiger partial charge in [0, 0.05) is 31.4 Å². The Labute approximate surface area is 196 Å². The van der Waals surface area contributed by atoms with Gasteiger partial charge in [0.15, 0.2) is 0 Å². The highest BCUT2D eigenvalue weighted by atomic mass is 32.2. The van der Waals surface area contributed by atoms with E-state index in [1.165, 1.54) is 27.9 Å². The van der Waals surface area contributed by atoms with E-state index in [0.29, 0.717) is 50.9 Å². The van der Waals surface area contributed by atoms with E-state index in [-0.39, 0.29) is 18.2 Å². The number of aromatic amines is 1. The molecular formula is C21H32N6O5S. The summed E-state index contributed by atoms with van der Waals surface area (Å²) in [7, 11) is 0. The average molecular weight is 481 g/mol. The predicted molar refractivity (Wildman–Crippen MR) is 122 cm³/mol. The van der Waals surface area contributed by atoms with E-state index in [1.54, 1.807) is 6.20 Å². The van der Waals surface area contributed by atoms with Gasteiger partial charge in [-0.1, -0.05) is 0 Å². The minimum atomic E-state index is -1.09. The zero-order chi connectivity index (χ0) is 24.0. The molecule has 4 atom stereocenters. The number of thioether (sulfide) groups is 1. The molecule has 0 spiro atoms. The Morgan fingerprint density at radius 1 is 1.24 bits per heavy atom. The number of carboxylic acid groups (broad SMARTS) is 1. The van der Waals surface area contributed by atoms with E-state index in [9.17, 15) is 24.3 Å². The molecule has 0 bridgehead atoms. The fourth-order valence-corrected chi connectivity index (χ4v) is 4.95. The summed E-state index contributed by atoms with van der Waals surface area (Å²) in [6, 6.07) is -3.19. The van der Waals surface area contributed by atoms with Gasteiger partial charge >= 0.3 is 5.97 Å². The van der Waals surface area contributed by atoms with Gasteiger partial charge in [-0.25, -0.2) is 9.78 Å². The molecule has 5 N–H and O–H groups in total. The summed E-state index contributed by atoms with van der Waals surface area (Å²) in [4.78, 5) is 60.6. The number of carbonyl (C=O) groups excluding carboxylic acids is 3. The van der Waals surface area contributed by atoms with Crippen molar-refractivity contribution in [3.05, 3.63) is 18.2 Å². The number of likely N-dealkylation sites (tertiary alicyclic amines) is 2. The number of carboxylic acids is 1. The molecule has 0 aliphatic carbocycles. The second-order valence-corrected chi connectivity index (χ2v) is 9.43. The molecule has 2 aliphatic heterocycles. The van der Waals surface area contributed by atoms with E-state index in [0.717, 1.165) is 5.69 Å². The number of hydrogen-bond donors (Lipinski definition) is 4. The standard InChI is InChI=1S/C21H32N6O5S/c1-33-9-6-15(21(31)32)25-18(28)16-4-2-7-26(16)20(30)17-5-3-8-27(17)19(29)14(22)10-13-11-23-12-24-13/h11-12,14-17H,2-10,22H2,1H3,(H,23,24)(H,25,28)(H,31,32)/t14-,15-,16-,17-/m0/s1. The van der Waals surface area contributed by atoms with Crippen LogP contribution in [0.15, 0.2) is 12.5 Å². The zero-order valence-corrected chi connectivity index (χ0v) is 19.6. The van der Waals surface area contributed by atoms with E-state index in [1.807, 2.05) is 6.26 Å². The Morgan fingerprint density at radius 3 is 2.58 bits per heavy atom. The van der Waals surface area contributed by atoms with Gasteiger partial charge < -0.3 is 30.9 Å². The van der Waals surface area contributed by atoms with Crippen molar-refractivity contribution in [2.24, 2.45) is 5.73 Å². The molecular weight excluding hydrogens is 448 g/mol. The first-order valence-corrected chi connectivity index (χ1v) is 12.6. The Balaban J connectivity index is 1.64. The number of imidazole rings is 1. The fraction of sp³-hybridized carbons (Fsp3) is 0.667. The van der Waals surface area contributed by atoms with Crippen LogP contribution in [0.25, 0.3) is 0 Å². The molecule has 0 unspecified atom stereocenters. The van der Waals surface area contributed by atoms with Crippen LogP contribution in [0.1, 0.15) is 37.8 Å². The molecule has 3 amide bonds. The van der Waals surface area contributed by atoms with Crippen molar-refractivity contribution in [1.29, 1.82) is 0 Å². The lowest BCUT2D eigenvalue weighted by molar-refractivity contribution is -0.148. The van der Waals surface area contributed by atoms with Crippen LogP contribution in [0.5, 0.6) is 0 Å². The van der Waals surface area contributed by atoms with Crippen molar-refractivity contribution in [3.8, 4) is 0 Å². The number of nitrogens with zero attached hydrogens (tertiary/aromatic N) is 3. The number of nitrogens with one attached hydrogen (secondary N) is 2. The number of aliphatic carboxylic acids is 1. The largest absolute Gasteiger partial charge is 0.480 e. The van der Waals surface area contributed by atoms with Crippen LogP contribution in [-0.4, -0.2) is 97.8 Å². The molecule has 182 valence electrons. The summed E-state index contributed by atoms with van der Waals surface area (Å²) in [5, 5.41) is 12.0. The van der Waals surface area contributed by atoms with Crippen molar-refractivity contribution >= 4 is 35.5 Å². The van der Waals surface area contributed by atoms with Gasteiger partial charge in [-0.15, -0.1) is 0 Å². The lowest BCUT2D eigenvalue weighted by Crippen LogP contribution is -2.56. The number of H-pyrrole nitrogens is 1. The number of hydrogen-bond acceptors (Lipinski definition) is 7. The van der Waals surface area contributed by atoms with Crippen LogP contribution >= 0.6 is 11.8 Å². The Bertz CT molecular complexity index is 850. The smallest absolute Gasteiger partial charge is 0.326 e. The highest BCUT2D eigenvalue weighted by Crippen LogP contribution is 2.26. The van der Waals surface area contributed by atoms with Crippen molar-refractivity contribution in [2.75, 3.05) is 25.1 Å². The Kier molecular flexibility index (Phi) is 8.73. The minimum absolute atomic E-state index is 0.275. The van der Waals surface area contributed by atoms with Gasteiger partial charge in [-0.05, 0) is 44.1 Å². The van der Waals surface area contributed by atoms with Crippen molar-refractivity contribution in [1.82, 2.24) is 25.1 Å². The first-order chi connectivity index (χ1) is 15.8. The van der Waals surface area contributed by atoms with Crippen molar-refractivity contribution < 1.29 is 24.3 Å². The number of aromatic nitrogens is 2. The zero-order valence-electron chi connectivity index (χ0n) is 18.7. The van der Waals surface area contributed by atoms with Crippen LogP contribution in [-0.2, 0) is 25.6 Å². The molecule has 0 saturated carbocycles. The summed E-state index contributed by atoms with van der Waals surface area (Å²) in [6.45, 7) is 0.838. The Hall–Kier alpha value is -2.60. The van der Waals surface area contributed by atoms with Gasteiger partial charge in [0.25, 0.3) is 0 Å². The number of carbonyl (C=O) groups is 4. The first-order valence-electron chi connectivity index (χ1n) is 11.2. The summed E-state index contributed by atoms with van der Waals surface area (Å²) < 4.78 is 0. The van der Waals surface area contributed by atoms with E-state index < -0.39 is 36.0 Å². The van der Waals surface area contributed by atoms with E-state index >= 15 is 0 Å². The number of nitrogens with two attached hydrogens (primary N) is 1. The van der Waals surface area contributed by atoms with Gasteiger partial charge in [0.1, 0.15) is 18.1 Å². The highest BCUT2D eigenvalue weighted by Gasteiger charge is 2.43. The maximum absolute atomic E-state index is 13.4. The number of rotatable bonds is 10. The summed E-state index contributed by atoms with van der Waals surface area (Å²) >= 11 is 1.50. The molecule has 11 nitrogen and oxygen atoms in total. The first kappa shape index (κ1) is 25.0. The van der Waals surface area contributed by atoms with Crippen LogP contribution in [0.4, 0.5) is 0 Å². The SMILES string of the molecule is CSCC[C@H](NC(=O)[C@@H]1CCCN1C(=O)[C@@H]1CCCN1C(=O)[C@@H](N)Cc1cnc[nH]1)C(=O)O. The monoisotopic (exact) mass is 480 g/mol. The third-order valence-corrected chi connectivity index (χ3v) is 6.84. The molecule has 2 fully saturated rings. The lowest BCUT2D eigenvalue weighted by Gasteiger charge is -2.32. The third-order valence-electron chi connectivity index (χ3n) is 6.20. The van der Waals surface area contributed by atoms with Crippen LogP contribution < -0.4 is 11.1 Å². The number of amides is 3. The Morgan fingerprint density at radius 2 is 1.94 bits per heavy atom. The maximum Gasteiger partial charge on any atom is 0.326 e. The van der Waals surface area contributed by atoms with Gasteiger partial charge in [-0.3, -0.25) is 14.4 Å². The molecule has 3 rings (SSSR count). The molecule has 0 radical (unpaired) electrons. The molecule has 2 aliphatic rings. The van der Waals surface area contributed by atoms with E-state index in [4.69, 9.17) is 5.73 Å². The minimum Gasteiger partial charge on any atom is -0.480 e. The molecule has 0 aromatic carbocycles. The third kappa shape index (κ3) is 6.05. The van der Waals surface area contributed by atoms with Crippen LogP contribution in [0.2, 0.25) is 0 Å². The van der Waals surface area contributed by atoms with Gasteiger partial charge in [0.2, 0.25) is 17.7 Å². The molecule has 12 heteroatoms. The van der Waals surface area contributed by atoms with Gasteiger partial charge in [-0.2, -0.15) is 11.8 Å². The molecule has 1 aromatic rings. The topological polar surface area (TPSA) is 162 Å². The molecule has 3 heterocycles. The molecule has 1 aromatic heterocycles. The maximum atomic E-state index is 13.4.